The third kappa shape index (κ3) is 6.57. The molecule has 45 heavy (non-hydrogen) atoms. The van der Waals surface area contributed by atoms with Gasteiger partial charge in [0.05, 0.1) is 17.0 Å². The van der Waals surface area contributed by atoms with E-state index in [1.807, 2.05) is 35.9 Å². The molecule has 2 amide bonds. The molecule has 0 spiro atoms. The van der Waals surface area contributed by atoms with Crippen LogP contribution < -0.4 is 4.74 Å². The predicted molar refractivity (Wildman–Crippen MR) is 170 cm³/mol. The van der Waals surface area contributed by atoms with Crippen molar-refractivity contribution in [2.75, 3.05) is 33.7 Å². The number of benzene rings is 2. The van der Waals surface area contributed by atoms with Crippen molar-refractivity contribution < 1.29 is 27.9 Å². The number of pyridine rings is 1. The summed E-state index contributed by atoms with van der Waals surface area (Å²) in [7, 11) is -1.30. The lowest BCUT2D eigenvalue weighted by molar-refractivity contribution is -0.133. The van der Waals surface area contributed by atoms with Gasteiger partial charge in [0.15, 0.2) is 0 Å². The summed E-state index contributed by atoms with van der Waals surface area (Å²) in [6.45, 7) is 2.06. The number of aryl methyl sites for hydroxylation is 1. The number of ether oxygens (including phenoxy) is 1. The van der Waals surface area contributed by atoms with Gasteiger partial charge in [0.2, 0.25) is 15.9 Å². The molecule has 0 saturated carbocycles. The summed E-state index contributed by atoms with van der Waals surface area (Å²) < 4.78 is 37.1. The van der Waals surface area contributed by atoms with Crippen molar-refractivity contribution in [3.05, 3.63) is 76.4 Å². The van der Waals surface area contributed by atoms with Gasteiger partial charge in [-0.05, 0) is 44.0 Å². The number of nitrogens with zero attached hydrogens (tertiary/aromatic N) is 6. The van der Waals surface area contributed by atoms with Gasteiger partial charge < -0.3 is 24.2 Å². The van der Waals surface area contributed by atoms with Crippen LogP contribution in [0.5, 0.6) is 5.75 Å². The number of likely N-dealkylation sites (N-methyl/N-ethyl adjacent to an activating group) is 2. The van der Waals surface area contributed by atoms with Crippen molar-refractivity contribution in [1.29, 1.82) is 0 Å². The molecule has 12 nitrogen and oxygen atoms in total. The molecule has 1 N–H and O–H groups in total. The Balaban J connectivity index is 1.40. The highest BCUT2D eigenvalue weighted by molar-refractivity contribution is 7.89. The summed E-state index contributed by atoms with van der Waals surface area (Å²) >= 11 is 13.2. The molecule has 3 heterocycles. The van der Waals surface area contributed by atoms with E-state index in [0.29, 0.717) is 24.1 Å². The summed E-state index contributed by atoms with van der Waals surface area (Å²) in [5.74, 6) is 0.0389. The van der Waals surface area contributed by atoms with Crippen LogP contribution in [0, 0.1) is 6.92 Å². The molecular formula is C30H32Cl2N6O6S. The number of rotatable bonds is 10. The van der Waals surface area contributed by atoms with E-state index in [0.717, 1.165) is 26.0 Å². The molecule has 0 aliphatic carbocycles. The standard InChI is InChI=1S/C30H32Cl2N6O6S/c1-19-16-24(37-13-11-33-18-37)20-6-4-8-25(28(20)34-19)44-17-21-22(31)9-10-26(27(21)32)45(42,43)38-12-5-7-23(38)29(39)35(2)14-15-36(3)30(40)41/h4,6,8-11,13,16,18,23H,5,7,12,14-15,17H2,1-3H3,(H,40,41)/t23-/m0/s1. The van der Waals surface area contributed by atoms with Crippen molar-refractivity contribution in [2.45, 2.75) is 37.3 Å². The van der Waals surface area contributed by atoms with E-state index >= 15 is 0 Å². The lowest BCUT2D eigenvalue weighted by Crippen LogP contribution is -2.48. The molecule has 1 fully saturated rings. The van der Waals surface area contributed by atoms with E-state index in [-0.39, 0.29) is 46.7 Å². The second-order valence-electron chi connectivity index (χ2n) is 10.8. The van der Waals surface area contributed by atoms with Gasteiger partial charge in [0.1, 0.15) is 28.8 Å². The number of halogens is 2. The SMILES string of the molecule is Cc1cc(-n2ccnc2)c2cccc(OCc3c(Cl)ccc(S(=O)(=O)N4CCC[C@H]4C(=O)N(C)CCN(C)C(=O)O)c3Cl)c2n1. The van der Waals surface area contributed by atoms with E-state index < -0.39 is 28.1 Å². The number of amides is 2. The fourth-order valence-corrected chi connectivity index (χ4v) is 7.79. The summed E-state index contributed by atoms with van der Waals surface area (Å²) in [6.07, 6.45) is 4.90. The molecule has 238 valence electrons. The Labute approximate surface area is 270 Å². The smallest absolute Gasteiger partial charge is 0.407 e. The zero-order valence-electron chi connectivity index (χ0n) is 24.9. The molecular weight excluding hydrogens is 643 g/mol. The summed E-state index contributed by atoms with van der Waals surface area (Å²) in [5, 5.41) is 10.0. The number of hydrogen-bond acceptors (Lipinski definition) is 7. The van der Waals surface area contributed by atoms with Crippen LogP contribution in [0.4, 0.5) is 4.79 Å². The number of imidazole rings is 1. The van der Waals surface area contributed by atoms with Crippen LogP contribution in [0.2, 0.25) is 10.0 Å². The molecule has 0 radical (unpaired) electrons. The maximum Gasteiger partial charge on any atom is 0.407 e. The van der Waals surface area contributed by atoms with Crippen molar-refractivity contribution in [2.24, 2.45) is 0 Å². The fourth-order valence-electron chi connectivity index (χ4n) is 5.28. The third-order valence-electron chi connectivity index (χ3n) is 7.76. The first-order valence-corrected chi connectivity index (χ1v) is 16.3. The fraction of sp³-hybridized carbons (Fsp3) is 0.333. The zero-order valence-corrected chi connectivity index (χ0v) is 27.2. The van der Waals surface area contributed by atoms with Gasteiger partial charge >= 0.3 is 6.09 Å². The molecule has 4 aromatic rings. The molecule has 0 bridgehead atoms. The number of carbonyl (C=O) groups excluding carboxylic acids is 1. The molecule has 1 atom stereocenters. The number of para-hydroxylation sites is 1. The molecule has 2 aromatic carbocycles. The summed E-state index contributed by atoms with van der Waals surface area (Å²) in [4.78, 5) is 35.4. The van der Waals surface area contributed by atoms with Crippen LogP contribution in [0.25, 0.3) is 16.6 Å². The van der Waals surface area contributed by atoms with Crippen LogP contribution in [-0.2, 0) is 21.4 Å². The number of sulfonamides is 1. The van der Waals surface area contributed by atoms with Crippen LogP contribution in [0.1, 0.15) is 24.1 Å². The molecule has 2 aromatic heterocycles. The Kier molecular flexibility index (Phi) is 9.54. The van der Waals surface area contributed by atoms with Crippen LogP contribution in [-0.4, -0.2) is 93.9 Å². The Morgan fingerprint density at radius 3 is 2.60 bits per heavy atom. The first kappa shape index (κ1) is 32.5. The third-order valence-corrected chi connectivity index (χ3v) is 10.6. The van der Waals surface area contributed by atoms with E-state index in [2.05, 4.69) is 9.97 Å². The van der Waals surface area contributed by atoms with Gasteiger partial charge in [-0.2, -0.15) is 4.31 Å². The molecule has 0 unspecified atom stereocenters. The predicted octanol–water partition coefficient (Wildman–Crippen LogP) is 4.84. The molecule has 1 saturated heterocycles. The molecule has 15 heteroatoms. The Morgan fingerprint density at radius 2 is 1.89 bits per heavy atom. The minimum Gasteiger partial charge on any atom is -0.487 e. The zero-order chi connectivity index (χ0) is 32.5. The van der Waals surface area contributed by atoms with Crippen molar-refractivity contribution in [1.82, 2.24) is 28.6 Å². The van der Waals surface area contributed by atoms with Crippen LogP contribution in [0.15, 0.2) is 60.0 Å². The average molecular weight is 676 g/mol. The second-order valence-corrected chi connectivity index (χ2v) is 13.4. The van der Waals surface area contributed by atoms with Crippen molar-refractivity contribution in [3.8, 4) is 11.4 Å². The summed E-state index contributed by atoms with van der Waals surface area (Å²) in [5.41, 5.74) is 2.52. The highest BCUT2D eigenvalue weighted by Gasteiger charge is 2.41. The molecule has 5 rings (SSSR count). The van der Waals surface area contributed by atoms with Gasteiger partial charge in [-0.3, -0.25) is 4.79 Å². The molecule has 1 aliphatic heterocycles. The van der Waals surface area contributed by atoms with E-state index in [4.69, 9.17) is 33.0 Å². The van der Waals surface area contributed by atoms with Gasteiger partial charge in [0, 0.05) is 67.8 Å². The second kappa shape index (κ2) is 13.2. The highest BCUT2D eigenvalue weighted by Crippen LogP contribution is 2.37. The highest BCUT2D eigenvalue weighted by atomic mass is 35.5. The minimum absolute atomic E-state index is 0.0834. The first-order valence-electron chi connectivity index (χ1n) is 14.1. The largest absolute Gasteiger partial charge is 0.487 e. The minimum atomic E-state index is -4.22. The maximum absolute atomic E-state index is 13.9. The number of carboxylic acid groups (broad SMARTS) is 1. The van der Waals surface area contributed by atoms with Gasteiger partial charge in [-0.1, -0.05) is 35.3 Å². The van der Waals surface area contributed by atoms with Crippen molar-refractivity contribution >= 4 is 56.1 Å². The monoisotopic (exact) mass is 674 g/mol. The van der Waals surface area contributed by atoms with Gasteiger partial charge in [0.25, 0.3) is 0 Å². The Bertz CT molecular complexity index is 1850. The lowest BCUT2D eigenvalue weighted by Gasteiger charge is -2.28. The number of fused-ring (bicyclic) bond motifs is 1. The maximum atomic E-state index is 13.9. The topological polar surface area (TPSA) is 138 Å². The van der Waals surface area contributed by atoms with E-state index in [9.17, 15) is 18.0 Å². The Morgan fingerprint density at radius 1 is 1.13 bits per heavy atom. The summed E-state index contributed by atoms with van der Waals surface area (Å²) in [6, 6.07) is 9.29. The van der Waals surface area contributed by atoms with E-state index in [1.165, 1.54) is 31.1 Å². The number of carbonyl (C=O) groups is 2. The first-order chi connectivity index (χ1) is 21.4. The molecule has 1 aliphatic rings. The lowest BCUT2D eigenvalue weighted by atomic mass is 10.1. The van der Waals surface area contributed by atoms with Crippen molar-refractivity contribution in [3.63, 3.8) is 0 Å². The van der Waals surface area contributed by atoms with Gasteiger partial charge in [-0.15, -0.1) is 0 Å². The van der Waals surface area contributed by atoms with Crippen LogP contribution in [0.3, 0.4) is 0 Å². The normalized spacial score (nSPS) is 15.4. The van der Waals surface area contributed by atoms with E-state index in [1.54, 1.807) is 18.6 Å². The number of aromatic nitrogens is 3. The average Bonchev–Trinajstić information content (AvgIpc) is 3.72. The quantitative estimate of drug-likeness (QED) is 0.252. The van der Waals surface area contributed by atoms with Crippen LogP contribution >= 0.6 is 23.2 Å². The Hall–Kier alpha value is -3.91. The van der Waals surface area contributed by atoms with Gasteiger partial charge in [-0.25, -0.2) is 23.2 Å². The number of hydrogen-bond donors (Lipinski definition) is 1.